The predicted molar refractivity (Wildman–Crippen MR) is 122 cm³/mol. The van der Waals surface area contributed by atoms with Gasteiger partial charge in [0.15, 0.2) is 0 Å². The molecule has 0 aliphatic carbocycles. The topological polar surface area (TPSA) is 88.2 Å². The Morgan fingerprint density at radius 1 is 1.16 bits per heavy atom. The van der Waals surface area contributed by atoms with Gasteiger partial charge in [0.25, 0.3) is 5.91 Å². The van der Waals surface area contributed by atoms with E-state index in [-0.39, 0.29) is 21.8 Å². The average molecular weight is 480 g/mol. The van der Waals surface area contributed by atoms with Gasteiger partial charge in [0, 0.05) is 39.3 Å². The van der Waals surface area contributed by atoms with Crippen molar-refractivity contribution >= 4 is 27.3 Å². The maximum absolute atomic E-state index is 13.0. The molecule has 10 heteroatoms. The van der Waals surface area contributed by atoms with Crippen LogP contribution in [0.5, 0.6) is 0 Å². The summed E-state index contributed by atoms with van der Waals surface area (Å²) in [7, 11) is -3.72. The number of carbonyl (C=O) groups is 1. The fourth-order valence-corrected chi connectivity index (χ4v) is 6.71. The Morgan fingerprint density at radius 2 is 1.94 bits per heavy atom. The fraction of sp³-hybridized carbons (Fsp3) is 0.500. The van der Waals surface area contributed by atoms with Crippen LogP contribution in [-0.4, -0.2) is 75.6 Å². The summed E-state index contributed by atoms with van der Waals surface area (Å²) in [5, 5.41) is 4.53. The van der Waals surface area contributed by atoms with E-state index in [2.05, 4.69) is 29.3 Å². The van der Waals surface area contributed by atoms with Crippen LogP contribution in [0.1, 0.15) is 27.7 Å². The Labute approximate surface area is 193 Å². The lowest BCUT2D eigenvalue weighted by molar-refractivity contribution is -0.0212. The molecule has 0 radical (unpaired) electrons. The first-order valence-corrected chi connectivity index (χ1v) is 13.1. The van der Waals surface area contributed by atoms with Gasteiger partial charge in [-0.15, -0.1) is 11.3 Å². The summed E-state index contributed by atoms with van der Waals surface area (Å²) in [5.74, 6) is -0.376. The van der Waals surface area contributed by atoms with Gasteiger partial charge in [-0.3, -0.25) is 9.69 Å². The summed E-state index contributed by atoms with van der Waals surface area (Å²) >= 11 is 1.14. The van der Waals surface area contributed by atoms with E-state index in [9.17, 15) is 13.2 Å². The second kappa shape index (κ2) is 10.4. The van der Waals surface area contributed by atoms with Crippen molar-refractivity contribution in [1.82, 2.24) is 14.5 Å². The highest BCUT2D eigenvalue weighted by Crippen LogP contribution is 2.26. The third-order valence-corrected chi connectivity index (χ3v) is 8.58. The van der Waals surface area contributed by atoms with Crippen molar-refractivity contribution in [2.45, 2.75) is 31.0 Å². The molecule has 0 saturated carbocycles. The largest absolute Gasteiger partial charge is 0.379 e. The Kier molecular flexibility index (Phi) is 7.59. The minimum absolute atomic E-state index is 0.0667. The predicted octanol–water partition coefficient (Wildman–Crippen LogP) is 1.92. The van der Waals surface area contributed by atoms with Gasteiger partial charge in [-0.05, 0) is 29.5 Å². The number of thiophene rings is 1. The highest BCUT2D eigenvalue weighted by molar-refractivity contribution is 7.89. The third kappa shape index (κ3) is 5.56. The zero-order chi connectivity index (χ0) is 22.6. The van der Waals surface area contributed by atoms with Crippen LogP contribution in [0.4, 0.5) is 0 Å². The maximum Gasteiger partial charge on any atom is 0.263 e. The number of hydrogen-bond donors (Lipinski definition) is 1. The van der Waals surface area contributed by atoms with Gasteiger partial charge < -0.3 is 14.8 Å². The fourth-order valence-electron chi connectivity index (χ4n) is 3.99. The van der Waals surface area contributed by atoms with Crippen LogP contribution in [-0.2, 0) is 32.6 Å². The van der Waals surface area contributed by atoms with Gasteiger partial charge in [-0.1, -0.05) is 24.3 Å². The van der Waals surface area contributed by atoms with Gasteiger partial charge in [-0.25, -0.2) is 8.42 Å². The smallest absolute Gasteiger partial charge is 0.263 e. The number of amides is 1. The molecule has 2 aliphatic rings. The molecule has 0 spiro atoms. The third-order valence-electron chi connectivity index (χ3n) is 5.60. The lowest BCUT2D eigenvalue weighted by Crippen LogP contribution is -2.41. The molecule has 174 valence electrons. The molecule has 3 heterocycles. The molecule has 1 amide bonds. The van der Waals surface area contributed by atoms with Crippen molar-refractivity contribution < 1.29 is 22.7 Å². The zero-order valence-electron chi connectivity index (χ0n) is 18.2. The molecule has 8 nitrogen and oxygen atoms in total. The van der Waals surface area contributed by atoms with Crippen LogP contribution in [0.25, 0.3) is 0 Å². The Hall–Kier alpha value is -1.82. The minimum Gasteiger partial charge on any atom is -0.379 e. The van der Waals surface area contributed by atoms with Crippen LogP contribution in [0.3, 0.4) is 0 Å². The number of ether oxygens (including phenoxy) is 2. The van der Waals surface area contributed by atoms with Crippen molar-refractivity contribution in [2.24, 2.45) is 0 Å². The molecule has 1 unspecified atom stereocenters. The number of nitrogens with zero attached hydrogens (tertiary/aromatic N) is 2. The molecule has 1 aromatic carbocycles. The molecule has 2 aliphatic heterocycles. The van der Waals surface area contributed by atoms with E-state index in [1.165, 1.54) is 15.9 Å². The summed E-state index contributed by atoms with van der Waals surface area (Å²) in [6.45, 7) is 7.13. The van der Waals surface area contributed by atoms with Gasteiger partial charge in [-0.2, -0.15) is 4.31 Å². The van der Waals surface area contributed by atoms with Crippen LogP contribution in [0.2, 0.25) is 0 Å². The molecular formula is C22H29N3O5S2. The van der Waals surface area contributed by atoms with E-state index in [0.29, 0.717) is 32.8 Å². The van der Waals surface area contributed by atoms with E-state index in [4.69, 9.17) is 9.47 Å². The quantitative estimate of drug-likeness (QED) is 0.653. The molecule has 4 rings (SSSR count). The van der Waals surface area contributed by atoms with E-state index in [1.807, 2.05) is 12.1 Å². The number of sulfonamides is 1. The summed E-state index contributed by atoms with van der Waals surface area (Å²) in [4.78, 5) is 15.5. The van der Waals surface area contributed by atoms with Crippen LogP contribution in [0.15, 0.2) is 40.6 Å². The van der Waals surface area contributed by atoms with E-state index in [1.54, 1.807) is 5.38 Å². The SMILES string of the molecule is CC1CN(Cc2cccc(CNC(=O)c3sccc3S(=O)(=O)N3CCOCC3)c2)CCO1. The van der Waals surface area contributed by atoms with Gasteiger partial charge in [0.05, 0.1) is 25.9 Å². The highest BCUT2D eigenvalue weighted by Gasteiger charge is 2.31. The normalized spacial score (nSPS) is 20.8. The molecule has 2 aromatic rings. The first-order valence-electron chi connectivity index (χ1n) is 10.8. The lowest BCUT2D eigenvalue weighted by atomic mass is 10.1. The summed E-state index contributed by atoms with van der Waals surface area (Å²) in [6.07, 6.45) is 0.236. The van der Waals surface area contributed by atoms with Crippen LogP contribution < -0.4 is 5.32 Å². The minimum atomic E-state index is -3.72. The Bertz CT molecular complexity index is 1030. The van der Waals surface area contributed by atoms with Gasteiger partial charge >= 0.3 is 0 Å². The maximum atomic E-state index is 13.0. The summed E-state index contributed by atoms with van der Waals surface area (Å²) in [5.41, 5.74) is 2.16. The number of rotatable bonds is 7. The van der Waals surface area contributed by atoms with Crippen LogP contribution in [0, 0.1) is 0 Å². The van der Waals surface area contributed by atoms with Crippen molar-refractivity contribution in [2.75, 3.05) is 46.0 Å². The molecule has 2 fully saturated rings. The van der Waals surface area contributed by atoms with E-state index >= 15 is 0 Å². The number of carbonyl (C=O) groups excluding carboxylic acids is 1. The van der Waals surface area contributed by atoms with Crippen molar-refractivity contribution in [1.29, 1.82) is 0 Å². The van der Waals surface area contributed by atoms with Crippen molar-refractivity contribution in [3.8, 4) is 0 Å². The van der Waals surface area contributed by atoms with Crippen LogP contribution >= 0.6 is 11.3 Å². The Balaban J connectivity index is 1.39. The van der Waals surface area contributed by atoms with E-state index < -0.39 is 10.0 Å². The molecule has 1 N–H and O–H groups in total. The second-order valence-corrected chi connectivity index (χ2v) is 10.9. The summed E-state index contributed by atoms with van der Waals surface area (Å²) in [6, 6.07) is 9.62. The number of nitrogens with one attached hydrogen (secondary N) is 1. The molecule has 1 atom stereocenters. The first kappa shape index (κ1) is 23.3. The average Bonchev–Trinajstić information content (AvgIpc) is 3.29. The number of morpholine rings is 2. The molecule has 1 aromatic heterocycles. The van der Waals surface area contributed by atoms with Gasteiger partial charge in [0.1, 0.15) is 9.77 Å². The molecule has 32 heavy (non-hydrogen) atoms. The highest BCUT2D eigenvalue weighted by atomic mass is 32.2. The van der Waals surface area contributed by atoms with Crippen molar-refractivity contribution in [3.63, 3.8) is 0 Å². The monoisotopic (exact) mass is 479 g/mol. The first-order chi connectivity index (χ1) is 15.4. The number of hydrogen-bond acceptors (Lipinski definition) is 7. The molecule has 2 saturated heterocycles. The number of benzene rings is 1. The van der Waals surface area contributed by atoms with E-state index in [0.717, 1.165) is 43.1 Å². The standard InChI is InChI=1S/C22H29N3O5S2/c1-17-15-24(6-11-30-17)16-19-4-2-3-18(13-19)14-23-22(26)21-20(5-12-31-21)32(27,28)25-7-9-29-10-8-25/h2-5,12-13,17H,6-11,14-16H2,1H3,(H,23,26). The zero-order valence-corrected chi connectivity index (χ0v) is 19.8. The van der Waals surface area contributed by atoms with Crippen molar-refractivity contribution in [3.05, 3.63) is 51.7 Å². The Morgan fingerprint density at radius 3 is 2.72 bits per heavy atom. The molecular weight excluding hydrogens is 450 g/mol. The lowest BCUT2D eigenvalue weighted by Gasteiger charge is -2.31. The molecule has 0 bridgehead atoms. The van der Waals surface area contributed by atoms with Gasteiger partial charge in [0.2, 0.25) is 10.0 Å². The second-order valence-electron chi connectivity index (χ2n) is 8.05. The summed E-state index contributed by atoms with van der Waals surface area (Å²) < 4.78 is 38.2.